The van der Waals surface area contributed by atoms with Crippen molar-refractivity contribution in [2.24, 2.45) is 0 Å². The number of carbonyl (C=O) groups is 1. The fourth-order valence-electron chi connectivity index (χ4n) is 2.24. The van der Waals surface area contributed by atoms with Crippen molar-refractivity contribution >= 4 is 28.3 Å². The van der Waals surface area contributed by atoms with Crippen LogP contribution in [0, 0.1) is 10.1 Å². The summed E-state index contributed by atoms with van der Waals surface area (Å²) in [6, 6.07) is 2.98. The van der Waals surface area contributed by atoms with E-state index in [-0.39, 0.29) is 17.1 Å². The number of hydrogen-bond donors (Lipinski definition) is 2. The number of rotatable bonds is 9. The molecule has 0 atom stereocenters. The molecule has 0 aliphatic carbocycles. The monoisotopic (exact) mass is 321 g/mol. The number of unbranched alkanes of at least 4 members (excludes halogenated alkanes) is 2. The summed E-state index contributed by atoms with van der Waals surface area (Å²) in [5.41, 5.74) is 1.00. The normalized spacial score (nSPS) is 10.7. The molecule has 9 heteroatoms. The highest BCUT2D eigenvalue weighted by Crippen LogP contribution is 2.28. The highest BCUT2D eigenvalue weighted by molar-refractivity contribution is 5.93. The summed E-state index contributed by atoms with van der Waals surface area (Å²) in [6.07, 6.45) is 3.15. The van der Waals surface area contributed by atoms with Crippen LogP contribution in [0.15, 0.2) is 16.8 Å². The molecule has 2 aromatic rings. The fraction of sp³-hybridized carbons (Fsp3) is 0.500. The van der Waals surface area contributed by atoms with Crippen LogP contribution in [0.1, 0.15) is 32.6 Å². The molecule has 1 heterocycles. The Morgan fingerprint density at radius 2 is 2.04 bits per heavy atom. The van der Waals surface area contributed by atoms with E-state index in [2.05, 4.69) is 25.6 Å². The van der Waals surface area contributed by atoms with Crippen molar-refractivity contribution in [2.75, 3.05) is 18.4 Å². The highest BCUT2D eigenvalue weighted by atomic mass is 16.6. The van der Waals surface area contributed by atoms with Crippen LogP contribution in [0.5, 0.6) is 0 Å². The largest absolute Gasteiger partial charge is 0.383 e. The fourth-order valence-corrected chi connectivity index (χ4v) is 2.24. The van der Waals surface area contributed by atoms with E-state index >= 15 is 0 Å². The zero-order chi connectivity index (χ0) is 16.7. The smallest absolute Gasteiger partial charge is 0.300 e. The molecule has 0 aliphatic rings. The molecular weight excluding hydrogens is 302 g/mol. The van der Waals surface area contributed by atoms with Gasteiger partial charge in [-0.2, -0.15) is 0 Å². The van der Waals surface area contributed by atoms with Crippen LogP contribution < -0.4 is 10.6 Å². The van der Waals surface area contributed by atoms with Crippen molar-refractivity contribution in [1.82, 2.24) is 15.6 Å². The van der Waals surface area contributed by atoms with Gasteiger partial charge in [-0.05, 0) is 36.1 Å². The first kappa shape index (κ1) is 16.7. The van der Waals surface area contributed by atoms with Crippen LogP contribution in [0.3, 0.4) is 0 Å². The summed E-state index contributed by atoms with van der Waals surface area (Å²) in [7, 11) is 0. The number of hydrogen-bond acceptors (Lipinski definition) is 7. The lowest BCUT2D eigenvalue weighted by Gasteiger charge is -2.06. The van der Waals surface area contributed by atoms with Crippen LogP contribution in [-0.2, 0) is 4.79 Å². The van der Waals surface area contributed by atoms with Gasteiger partial charge >= 0.3 is 5.69 Å². The Kier molecular flexibility index (Phi) is 5.84. The molecule has 23 heavy (non-hydrogen) atoms. The van der Waals surface area contributed by atoms with Crippen molar-refractivity contribution in [1.29, 1.82) is 0 Å². The third-order valence-electron chi connectivity index (χ3n) is 3.36. The van der Waals surface area contributed by atoms with E-state index in [1.54, 1.807) is 6.07 Å². The number of amides is 1. The van der Waals surface area contributed by atoms with Crippen LogP contribution in [-0.4, -0.2) is 34.2 Å². The van der Waals surface area contributed by atoms with Gasteiger partial charge in [0.25, 0.3) is 0 Å². The van der Waals surface area contributed by atoms with Gasteiger partial charge in [0, 0.05) is 25.6 Å². The molecule has 0 bridgehead atoms. The van der Waals surface area contributed by atoms with E-state index in [1.807, 2.05) is 6.92 Å². The molecule has 1 aromatic heterocycles. The van der Waals surface area contributed by atoms with Gasteiger partial charge < -0.3 is 10.6 Å². The molecule has 1 aromatic carbocycles. The minimum Gasteiger partial charge on any atom is -0.383 e. The zero-order valence-corrected chi connectivity index (χ0v) is 12.9. The minimum absolute atomic E-state index is 0.0752. The lowest BCUT2D eigenvalue weighted by Crippen LogP contribution is -2.22. The number of anilines is 1. The van der Waals surface area contributed by atoms with E-state index in [0.29, 0.717) is 30.7 Å². The molecule has 0 unspecified atom stereocenters. The van der Waals surface area contributed by atoms with E-state index in [4.69, 9.17) is 0 Å². The summed E-state index contributed by atoms with van der Waals surface area (Å²) in [5, 5.41) is 24.1. The quantitative estimate of drug-likeness (QED) is 0.412. The van der Waals surface area contributed by atoms with Gasteiger partial charge in [0.2, 0.25) is 11.4 Å². The number of nitrogens with zero attached hydrogens (tertiary/aromatic N) is 3. The molecular formula is C14H19N5O4. The maximum atomic E-state index is 11.3. The second-order valence-electron chi connectivity index (χ2n) is 5.04. The van der Waals surface area contributed by atoms with Gasteiger partial charge in [-0.1, -0.05) is 6.42 Å². The summed E-state index contributed by atoms with van der Waals surface area (Å²) in [6.45, 7) is 3.23. The number of fused-ring (bicyclic) bond motifs is 1. The topological polar surface area (TPSA) is 123 Å². The Morgan fingerprint density at radius 3 is 2.78 bits per heavy atom. The molecule has 124 valence electrons. The lowest BCUT2D eigenvalue weighted by molar-refractivity contribution is -0.383. The number of nitrogens with one attached hydrogen (secondary N) is 2. The van der Waals surface area contributed by atoms with E-state index in [0.717, 1.165) is 19.3 Å². The van der Waals surface area contributed by atoms with Crippen molar-refractivity contribution in [3.8, 4) is 0 Å². The molecule has 0 saturated heterocycles. The Hall–Kier alpha value is -2.71. The summed E-state index contributed by atoms with van der Waals surface area (Å²) >= 11 is 0. The molecule has 0 saturated carbocycles. The Balaban J connectivity index is 1.82. The number of aromatic nitrogens is 2. The number of carbonyl (C=O) groups excluding carboxylic acids is 1. The predicted molar refractivity (Wildman–Crippen MR) is 84.1 cm³/mol. The second-order valence-corrected chi connectivity index (χ2v) is 5.04. The SMILES string of the molecule is CCNC(=O)CCCCCNc1ccc([N+](=O)[O-])c2nonc12. The molecule has 1 amide bonds. The van der Waals surface area contributed by atoms with Crippen molar-refractivity contribution in [2.45, 2.75) is 32.6 Å². The molecule has 0 fully saturated rings. The Morgan fingerprint density at radius 1 is 1.26 bits per heavy atom. The summed E-state index contributed by atoms with van der Waals surface area (Å²) in [5.74, 6) is 0.0752. The maximum Gasteiger partial charge on any atom is 0.300 e. The first-order valence-corrected chi connectivity index (χ1v) is 7.53. The predicted octanol–water partition coefficient (Wildman–Crippen LogP) is 2.24. The molecule has 2 N–H and O–H groups in total. The zero-order valence-electron chi connectivity index (χ0n) is 12.9. The van der Waals surface area contributed by atoms with Gasteiger partial charge in [0.05, 0.1) is 10.6 Å². The van der Waals surface area contributed by atoms with Gasteiger partial charge in [-0.3, -0.25) is 14.9 Å². The maximum absolute atomic E-state index is 11.3. The number of non-ortho nitro benzene ring substituents is 1. The van der Waals surface area contributed by atoms with Crippen LogP contribution >= 0.6 is 0 Å². The van der Waals surface area contributed by atoms with Gasteiger partial charge in [0.1, 0.15) is 0 Å². The Bertz CT molecular complexity index is 685. The van der Waals surface area contributed by atoms with Crippen molar-refractivity contribution < 1.29 is 14.3 Å². The molecule has 0 radical (unpaired) electrons. The first-order valence-electron chi connectivity index (χ1n) is 7.53. The minimum atomic E-state index is -0.516. The molecule has 0 spiro atoms. The number of benzene rings is 1. The van der Waals surface area contributed by atoms with Crippen LogP contribution in [0.25, 0.3) is 11.0 Å². The highest BCUT2D eigenvalue weighted by Gasteiger charge is 2.19. The summed E-state index contributed by atoms with van der Waals surface area (Å²) < 4.78 is 4.60. The first-order chi connectivity index (χ1) is 11.1. The summed E-state index contributed by atoms with van der Waals surface area (Å²) in [4.78, 5) is 21.7. The lowest BCUT2D eigenvalue weighted by atomic mass is 10.2. The van der Waals surface area contributed by atoms with Crippen LogP contribution in [0.4, 0.5) is 11.4 Å². The van der Waals surface area contributed by atoms with E-state index in [1.165, 1.54) is 6.07 Å². The second kappa shape index (κ2) is 8.06. The Labute approximate surface area is 132 Å². The van der Waals surface area contributed by atoms with Crippen LogP contribution in [0.2, 0.25) is 0 Å². The van der Waals surface area contributed by atoms with Crippen molar-refractivity contribution in [3.63, 3.8) is 0 Å². The average Bonchev–Trinajstić information content (AvgIpc) is 3.00. The van der Waals surface area contributed by atoms with E-state index in [9.17, 15) is 14.9 Å². The molecule has 0 aliphatic heterocycles. The van der Waals surface area contributed by atoms with Crippen molar-refractivity contribution in [3.05, 3.63) is 22.2 Å². The van der Waals surface area contributed by atoms with E-state index < -0.39 is 4.92 Å². The van der Waals surface area contributed by atoms with Gasteiger partial charge in [-0.25, -0.2) is 4.63 Å². The van der Waals surface area contributed by atoms with Gasteiger partial charge in [0.15, 0.2) is 5.52 Å². The number of nitro groups is 1. The molecule has 2 rings (SSSR count). The standard InChI is InChI=1S/C14H19N5O4/c1-2-15-12(20)6-4-3-5-9-16-10-7-8-11(19(21)22)14-13(10)17-23-18-14/h7-8,16H,2-6,9H2,1H3,(H,15,20). The average molecular weight is 321 g/mol. The number of nitro benzene ring substituents is 1. The van der Waals surface area contributed by atoms with Gasteiger partial charge in [-0.15, -0.1) is 0 Å². The third kappa shape index (κ3) is 4.38. The molecule has 9 nitrogen and oxygen atoms in total. The third-order valence-corrected chi connectivity index (χ3v) is 3.36.